The third-order valence-corrected chi connectivity index (χ3v) is 3.52. The smallest absolute Gasteiger partial charge is 0.177 e. The topological polar surface area (TPSA) is 36.9 Å². The van der Waals surface area contributed by atoms with E-state index in [9.17, 15) is 0 Å². The minimum atomic E-state index is -0.478. The van der Waals surface area contributed by atoms with Crippen LogP contribution in [0, 0.1) is 0 Å². The van der Waals surface area contributed by atoms with E-state index in [-0.39, 0.29) is 0 Å². The lowest BCUT2D eigenvalue weighted by atomic mass is 10.2. The Bertz CT molecular complexity index is 680. The van der Waals surface area contributed by atoms with E-state index in [0.29, 0.717) is 24.7 Å². The van der Waals surface area contributed by atoms with E-state index in [1.807, 2.05) is 60.7 Å². The van der Waals surface area contributed by atoms with E-state index in [1.54, 1.807) is 20.3 Å². The van der Waals surface area contributed by atoms with Gasteiger partial charge < -0.3 is 18.9 Å². The first-order chi connectivity index (χ1) is 12.3. The summed E-state index contributed by atoms with van der Waals surface area (Å²) in [5.41, 5.74) is 2.10. The van der Waals surface area contributed by atoms with Crippen molar-refractivity contribution < 1.29 is 18.9 Å². The molecule has 2 aromatic carbocycles. The van der Waals surface area contributed by atoms with Crippen molar-refractivity contribution in [3.63, 3.8) is 0 Å². The predicted molar refractivity (Wildman–Crippen MR) is 99.7 cm³/mol. The van der Waals surface area contributed by atoms with Crippen LogP contribution in [0.15, 0.2) is 67.3 Å². The van der Waals surface area contributed by atoms with Gasteiger partial charge in [-0.2, -0.15) is 0 Å². The number of hydrogen-bond acceptors (Lipinski definition) is 4. The van der Waals surface area contributed by atoms with Crippen molar-refractivity contribution in [2.24, 2.45) is 0 Å². The second-order valence-electron chi connectivity index (χ2n) is 5.25. The Balaban J connectivity index is 1.82. The van der Waals surface area contributed by atoms with Crippen LogP contribution >= 0.6 is 0 Å². The fourth-order valence-corrected chi connectivity index (χ4v) is 2.23. The molecule has 0 fully saturated rings. The molecule has 2 rings (SSSR count). The molecule has 0 aliphatic rings. The molecular weight excluding hydrogens is 316 g/mol. The van der Waals surface area contributed by atoms with Crippen molar-refractivity contribution in [3.8, 4) is 11.5 Å². The van der Waals surface area contributed by atoms with Crippen molar-refractivity contribution in [1.29, 1.82) is 0 Å². The summed E-state index contributed by atoms with van der Waals surface area (Å²) in [5.74, 6) is 1.36. The molecule has 0 saturated heterocycles. The lowest BCUT2D eigenvalue weighted by Gasteiger charge is -2.15. The average molecular weight is 340 g/mol. The zero-order valence-corrected chi connectivity index (χ0v) is 14.7. The number of methoxy groups -OCH3 is 2. The van der Waals surface area contributed by atoms with Gasteiger partial charge in [-0.25, -0.2) is 0 Å². The highest BCUT2D eigenvalue weighted by atomic mass is 16.7. The van der Waals surface area contributed by atoms with Gasteiger partial charge in [0.2, 0.25) is 0 Å². The summed E-state index contributed by atoms with van der Waals surface area (Å²) in [5, 5.41) is 0. The SMILES string of the molecule is C=CC(OC/C=C/c1ccccc1)OCc1ccc(OC)c(OC)c1. The van der Waals surface area contributed by atoms with Gasteiger partial charge in [0.15, 0.2) is 17.8 Å². The van der Waals surface area contributed by atoms with Crippen LogP contribution in [0.5, 0.6) is 11.5 Å². The maximum atomic E-state index is 5.73. The van der Waals surface area contributed by atoms with Gasteiger partial charge in [0.1, 0.15) is 0 Å². The molecule has 0 amide bonds. The summed E-state index contributed by atoms with van der Waals surface area (Å²) < 4.78 is 21.9. The predicted octanol–water partition coefficient (Wildman–Crippen LogP) is 4.46. The van der Waals surface area contributed by atoms with E-state index in [0.717, 1.165) is 11.1 Å². The first kappa shape index (κ1) is 18.8. The van der Waals surface area contributed by atoms with E-state index >= 15 is 0 Å². The Hall–Kier alpha value is -2.56. The van der Waals surface area contributed by atoms with E-state index in [2.05, 4.69) is 6.58 Å². The van der Waals surface area contributed by atoms with Gasteiger partial charge in [0.05, 0.1) is 27.4 Å². The molecular formula is C21H24O4. The fourth-order valence-electron chi connectivity index (χ4n) is 2.23. The van der Waals surface area contributed by atoms with Gasteiger partial charge >= 0.3 is 0 Å². The molecule has 1 unspecified atom stereocenters. The van der Waals surface area contributed by atoms with Crippen molar-refractivity contribution in [2.75, 3.05) is 20.8 Å². The lowest BCUT2D eigenvalue weighted by molar-refractivity contribution is -0.110. The van der Waals surface area contributed by atoms with Crippen LogP contribution in [-0.4, -0.2) is 27.1 Å². The van der Waals surface area contributed by atoms with Gasteiger partial charge in [-0.15, -0.1) is 0 Å². The Labute approximate surface area is 149 Å². The van der Waals surface area contributed by atoms with Crippen LogP contribution in [0.25, 0.3) is 6.08 Å². The third-order valence-electron chi connectivity index (χ3n) is 3.52. The largest absolute Gasteiger partial charge is 0.493 e. The van der Waals surface area contributed by atoms with Gasteiger partial charge in [-0.1, -0.05) is 55.1 Å². The number of rotatable bonds is 10. The second-order valence-corrected chi connectivity index (χ2v) is 5.25. The van der Waals surface area contributed by atoms with E-state index in [4.69, 9.17) is 18.9 Å². The molecule has 25 heavy (non-hydrogen) atoms. The molecule has 0 aliphatic heterocycles. The highest BCUT2D eigenvalue weighted by molar-refractivity contribution is 5.48. The molecule has 132 valence electrons. The van der Waals surface area contributed by atoms with Crippen molar-refractivity contribution >= 4 is 6.08 Å². The summed E-state index contributed by atoms with van der Waals surface area (Å²) in [7, 11) is 3.22. The van der Waals surface area contributed by atoms with Gasteiger partial charge in [-0.05, 0) is 29.3 Å². The molecule has 0 bridgehead atoms. The van der Waals surface area contributed by atoms with Crippen molar-refractivity contribution in [2.45, 2.75) is 12.9 Å². The lowest BCUT2D eigenvalue weighted by Crippen LogP contribution is -2.14. The van der Waals surface area contributed by atoms with Crippen LogP contribution in [-0.2, 0) is 16.1 Å². The Kier molecular flexibility index (Phi) is 7.76. The Morgan fingerprint density at radius 2 is 1.72 bits per heavy atom. The minimum absolute atomic E-state index is 0.388. The summed E-state index contributed by atoms with van der Waals surface area (Å²) in [4.78, 5) is 0. The highest BCUT2D eigenvalue weighted by Crippen LogP contribution is 2.27. The summed E-state index contributed by atoms with van der Waals surface area (Å²) >= 11 is 0. The van der Waals surface area contributed by atoms with Gasteiger partial charge in [0.25, 0.3) is 0 Å². The summed E-state index contributed by atoms with van der Waals surface area (Å²) in [6, 6.07) is 15.7. The molecule has 0 aromatic heterocycles. The van der Waals surface area contributed by atoms with E-state index in [1.165, 1.54) is 0 Å². The van der Waals surface area contributed by atoms with Crippen LogP contribution in [0.1, 0.15) is 11.1 Å². The third kappa shape index (κ3) is 6.10. The molecule has 0 radical (unpaired) electrons. The molecule has 0 spiro atoms. The van der Waals surface area contributed by atoms with Crippen LogP contribution < -0.4 is 9.47 Å². The minimum Gasteiger partial charge on any atom is -0.493 e. The molecule has 1 atom stereocenters. The van der Waals surface area contributed by atoms with Gasteiger partial charge in [-0.3, -0.25) is 0 Å². The maximum absolute atomic E-state index is 5.73. The van der Waals surface area contributed by atoms with Crippen molar-refractivity contribution in [3.05, 3.63) is 78.4 Å². The molecule has 0 saturated carbocycles. The normalized spacial score (nSPS) is 12.1. The zero-order chi connectivity index (χ0) is 17.9. The van der Waals surface area contributed by atoms with Crippen molar-refractivity contribution in [1.82, 2.24) is 0 Å². The summed E-state index contributed by atoms with van der Waals surface area (Å²) in [6.45, 7) is 4.58. The maximum Gasteiger partial charge on any atom is 0.177 e. The van der Waals surface area contributed by atoms with Crippen LogP contribution in [0.3, 0.4) is 0 Å². The Morgan fingerprint density at radius 3 is 2.40 bits per heavy atom. The monoisotopic (exact) mass is 340 g/mol. The van der Waals surface area contributed by atoms with E-state index < -0.39 is 6.29 Å². The fraction of sp³-hybridized carbons (Fsp3) is 0.238. The number of ether oxygens (including phenoxy) is 4. The summed E-state index contributed by atoms with van der Waals surface area (Å²) in [6.07, 6.45) is 5.12. The zero-order valence-electron chi connectivity index (χ0n) is 14.7. The molecule has 0 heterocycles. The molecule has 0 N–H and O–H groups in total. The van der Waals surface area contributed by atoms with Crippen LogP contribution in [0.4, 0.5) is 0 Å². The quantitative estimate of drug-likeness (QED) is 0.472. The van der Waals surface area contributed by atoms with Gasteiger partial charge in [0, 0.05) is 0 Å². The standard InChI is InChI=1S/C21H24O4/c1-4-21(24-14-8-11-17-9-6-5-7-10-17)25-16-18-12-13-19(22-2)20(15-18)23-3/h4-13,15,21H,1,14,16H2,2-3H3/b11-8+. The number of benzene rings is 2. The Morgan fingerprint density at radius 1 is 0.960 bits per heavy atom. The average Bonchev–Trinajstić information content (AvgIpc) is 2.68. The molecule has 0 aliphatic carbocycles. The second kappa shape index (κ2) is 10.3. The first-order valence-electron chi connectivity index (χ1n) is 8.05. The molecule has 4 heteroatoms. The first-order valence-corrected chi connectivity index (χ1v) is 8.05. The van der Waals surface area contributed by atoms with Crippen LogP contribution in [0.2, 0.25) is 0 Å². The molecule has 2 aromatic rings. The number of hydrogen-bond donors (Lipinski definition) is 0. The highest BCUT2D eigenvalue weighted by Gasteiger charge is 2.07. The molecule has 4 nitrogen and oxygen atoms in total.